The van der Waals surface area contributed by atoms with Gasteiger partial charge in [-0.15, -0.1) is 11.3 Å². The van der Waals surface area contributed by atoms with Crippen molar-refractivity contribution < 1.29 is 12.9 Å². The topological polar surface area (TPSA) is 92.4 Å². The van der Waals surface area contributed by atoms with Crippen molar-refractivity contribution in [3.8, 4) is 11.1 Å². The summed E-state index contributed by atoms with van der Waals surface area (Å²) < 4.78 is 33.2. The maximum atomic E-state index is 13.3. The summed E-state index contributed by atoms with van der Waals surface area (Å²) in [7, 11) is -3.67. The highest BCUT2D eigenvalue weighted by Gasteiger charge is 2.32. The van der Waals surface area contributed by atoms with E-state index in [0.717, 1.165) is 27.2 Å². The molecule has 1 aromatic carbocycles. The lowest BCUT2D eigenvalue weighted by Crippen LogP contribution is -2.35. The van der Waals surface area contributed by atoms with Crippen LogP contribution in [0, 0.1) is 13.8 Å². The monoisotopic (exact) mass is 469 g/mol. The third-order valence-electron chi connectivity index (χ3n) is 5.76. The highest BCUT2D eigenvalue weighted by atomic mass is 32.2. The average Bonchev–Trinajstić information content (AvgIpc) is 3.27. The number of sulfonamides is 1. The van der Waals surface area contributed by atoms with Crippen molar-refractivity contribution in [2.45, 2.75) is 25.2 Å². The van der Waals surface area contributed by atoms with Gasteiger partial charge in [0, 0.05) is 37.1 Å². The van der Waals surface area contributed by atoms with E-state index < -0.39 is 10.0 Å². The van der Waals surface area contributed by atoms with Crippen LogP contribution in [0.2, 0.25) is 0 Å². The predicted octanol–water partition coefficient (Wildman–Crippen LogP) is 3.86. The lowest BCUT2D eigenvalue weighted by molar-refractivity contribution is 0.389. The second-order valence-electron chi connectivity index (χ2n) is 7.79. The molecule has 0 saturated carbocycles. The highest BCUT2D eigenvalue weighted by molar-refractivity contribution is 7.89. The fourth-order valence-electron chi connectivity index (χ4n) is 4.25. The normalized spacial score (nSPS) is 15.9. The van der Waals surface area contributed by atoms with Gasteiger partial charge < -0.3 is 9.42 Å². The minimum Gasteiger partial charge on any atom is -0.360 e. The number of nitrogens with zero attached hydrogens (tertiary/aromatic N) is 5. The van der Waals surface area contributed by atoms with Gasteiger partial charge in [0.25, 0.3) is 0 Å². The zero-order chi connectivity index (χ0) is 22.3. The molecule has 0 radical (unpaired) electrons. The second kappa shape index (κ2) is 8.27. The van der Waals surface area contributed by atoms with E-state index >= 15 is 0 Å². The largest absolute Gasteiger partial charge is 0.360 e. The predicted molar refractivity (Wildman–Crippen MR) is 124 cm³/mol. The third-order valence-corrected chi connectivity index (χ3v) is 8.79. The molecule has 4 heterocycles. The van der Waals surface area contributed by atoms with Crippen molar-refractivity contribution in [2.75, 3.05) is 31.1 Å². The number of fused-ring (bicyclic) bond motifs is 1. The zero-order valence-electron chi connectivity index (χ0n) is 17.9. The molecule has 4 aromatic rings. The molecule has 0 unspecified atom stereocenters. The molecule has 0 atom stereocenters. The Balaban J connectivity index is 1.47. The Labute approximate surface area is 190 Å². The molecule has 10 heteroatoms. The number of thiophene rings is 1. The first kappa shape index (κ1) is 21.0. The average molecular weight is 470 g/mol. The van der Waals surface area contributed by atoms with Gasteiger partial charge >= 0.3 is 0 Å². The van der Waals surface area contributed by atoms with Crippen molar-refractivity contribution in [3.05, 3.63) is 53.5 Å². The van der Waals surface area contributed by atoms with Gasteiger partial charge in [-0.1, -0.05) is 35.5 Å². The van der Waals surface area contributed by atoms with Crippen molar-refractivity contribution in [3.63, 3.8) is 0 Å². The fraction of sp³-hybridized carbons (Fsp3) is 0.318. The number of benzene rings is 1. The van der Waals surface area contributed by atoms with E-state index in [9.17, 15) is 8.42 Å². The van der Waals surface area contributed by atoms with Gasteiger partial charge in [0.1, 0.15) is 27.6 Å². The highest BCUT2D eigenvalue weighted by Crippen LogP contribution is 2.38. The van der Waals surface area contributed by atoms with Crippen LogP contribution in [0.4, 0.5) is 5.82 Å². The van der Waals surface area contributed by atoms with Crippen molar-refractivity contribution in [2.24, 2.45) is 0 Å². The molecule has 8 nitrogen and oxygen atoms in total. The molecule has 0 aliphatic carbocycles. The molecule has 0 bridgehead atoms. The molecule has 1 aliphatic heterocycles. The van der Waals surface area contributed by atoms with Gasteiger partial charge in [0.15, 0.2) is 5.76 Å². The fourth-order valence-corrected chi connectivity index (χ4v) is 6.92. The van der Waals surface area contributed by atoms with Gasteiger partial charge in [-0.3, -0.25) is 0 Å². The number of aromatic nitrogens is 3. The molecule has 32 heavy (non-hydrogen) atoms. The second-order valence-corrected chi connectivity index (χ2v) is 10.5. The molecular weight excluding hydrogens is 446 g/mol. The number of hydrogen-bond acceptors (Lipinski definition) is 8. The van der Waals surface area contributed by atoms with Crippen molar-refractivity contribution >= 4 is 37.4 Å². The van der Waals surface area contributed by atoms with E-state index in [1.165, 1.54) is 4.31 Å². The molecule has 0 amide bonds. The zero-order valence-corrected chi connectivity index (χ0v) is 19.5. The van der Waals surface area contributed by atoms with E-state index in [-0.39, 0.29) is 4.90 Å². The van der Waals surface area contributed by atoms with E-state index in [2.05, 4.69) is 37.5 Å². The number of rotatable bonds is 4. The standard InChI is InChI=1S/C22H23N5O3S2/c1-15-20(16(2)30-25-15)32(28,29)27-10-6-9-26(11-12-27)21-19-18(17-7-4-3-5-8-17)13-31-22(19)24-14-23-21/h3-5,7-8,13-14H,6,9-12H2,1-2H3. The summed E-state index contributed by atoms with van der Waals surface area (Å²) >= 11 is 1.60. The lowest BCUT2D eigenvalue weighted by atomic mass is 10.1. The smallest absolute Gasteiger partial charge is 0.248 e. The van der Waals surface area contributed by atoms with Crippen LogP contribution in [0.1, 0.15) is 17.9 Å². The summed E-state index contributed by atoms with van der Waals surface area (Å²) in [5.74, 6) is 1.18. The van der Waals surface area contributed by atoms with Crippen LogP contribution in [-0.2, 0) is 10.0 Å². The van der Waals surface area contributed by atoms with Gasteiger partial charge in [0.2, 0.25) is 10.0 Å². The summed E-state index contributed by atoms with van der Waals surface area (Å²) in [5, 5.41) is 6.96. The Bertz CT molecular complexity index is 1350. The van der Waals surface area contributed by atoms with Crippen LogP contribution in [-0.4, -0.2) is 54.0 Å². The van der Waals surface area contributed by atoms with Gasteiger partial charge in [0.05, 0.1) is 5.39 Å². The van der Waals surface area contributed by atoms with Crippen molar-refractivity contribution in [1.82, 2.24) is 19.4 Å². The molecule has 1 saturated heterocycles. The van der Waals surface area contributed by atoms with E-state index in [1.807, 2.05) is 18.2 Å². The Morgan fingerprint density at radius 2 is 1.84 bits per heavy atom. The van der Waals surface area contributed by atoms with Crippen LogP contribution in [0.3, 0.4) is 0 Å². The minimum absolute atomic E-state index is 0.180. The first-order chi connectivity index (χ1) is 15.5. The number of aryl methyl sites for hydroxylation is 2. The summed E-state index contributed by atoms with van der Waals surface area (Å²) in [6.07, 6.45) is 2.28. The SMILES string of the molecule is Cc1noc(C)c1S(=O)(=O)N1CCCN(c2ncnc3scc(-c4ccccc4)c23)CC1. The Kier molecular flexibility index (Phi) is 5.44. The van der Waals surface area contributed by atoms with Crippen LogP contribution in [0.5, 0.6) is 0 Å². The maximum absolute atomic E-state index is 13.3. The maximum Gasteiger partial charge on any atom is 0.248 e. The lowest BCUT2D eigenvalue weighted by Gasteiger charge is -2.23. The van der Waals surface area contributed by atoms with E-state index in [0.29, 0.717) is 44.1 Å². The Morgan fingerprint density at radius 3 is 2.59 bits per heavy atom. The molecule has 5 rings (SSSR count). The third kappa shape index (κ3) is 3.58. The first-order valence-corrected chi connectivity index (χ1v) is 12.7. The van der Waals surface area contributed by atoms with Crippen molar-refractivity contribution in [1.29, 1.82) is 0 Å². The van der Waals surface area contributed by atoms with Gasteiger partial charge in [-0.25, -0.2) is 18.4 Å². The van der Waals surface area contributed by atoms with Crippen LogP contribution in [0.25, 0.3) is 21.3 Å². The number of anilines is 1. The molecule has 1 aliphatic rings. The molecule has 0 N–H and O–H groups in total. The summed E-state index contributed by atoms with van der Waals surface area (Å²) in [5.41, 5.74) is 2.62. The molecule has 166 valence electrons. The van der Waals surface area contributed by atoms with Gasteiger partial charge in [-0.2, -0.15) is 4.31 Å². The quantitative estimate of drug-likeness (QED) is 0.448. The minimum atomic E-state index is -3.67. The number of hydrogen-bond donors (Lipinski definition) is 0. The Morgan fingerprint density at radius 1 is 1.03 bits per heavy atom. The van der Waals surface area contributed by atoms with E-state index in [4.69, 9.17) is 4.52 Å². The van der Waals surface area contributed by atoms with Gasteiger partial charge in [-0.05, 0) is 25.8 Å². The Hall–Kier alpha value is -2.82. The van der Waals surface area contributed by atoms with Crippen LogP contribution in [0.15, 0.2) is 51.5 Å². The molecular formula is C22H23N5O3S2. The first-order valence-electron chi connectivity index (χ1n) is 10.4. The molecule has 3 aromatic heterocycles. The summed E-state index contributed by atoms with van der Waals surface area (Å²) in [6.45, 7) is 5.35. The van der Waals surface area contributed by atoms with E-state index in [1.54, 1.807) is 31.5 Å². The summed E-state index contributed by atoms with van der Waals surface area (Å²) in [4.78, 5) is 12.4. The van der Waals surface area contributed by atoms with Crippen LogP contribution >= 0.6 is 11.3 Å². The summed E-state index contributed by atoms with van der Waals surface area (Å²) in [6, 6.07) is 10.2. The molecule has 0 spiro atoms. The van der Waals surface area contributed by atoms with Crippen LogP contribution < -0.4 is 4.90 Å². The molecule has 1 fully saturated rings.